The monoisotopic (exact) mass is 393 g/mol. The van der Waals surface area contributed by atoms with Gasteiger partial charge in [-0.1, -0.05) is 25.4 Å². The molecule has 0 aliphatic rings. The molecule has 0 saturated carbocycles. The van der Waals surface area contributed by atoms with E-state index in [4.69, 9.17) is 23.8 Å². The Bertz CT molecular complexity index is 618. The fraction of sp³-hybridized carbons (Fsp3) is 0.333. The quantitative estimate of drug-likeness (QED) is 0.614. The van der Waals surface area contributed by atoms with Gasteiger partial charge in [-0.05, 0) is 58.9 Å². The minimum Gasteiger partial charge on any atom is -0.300 e. The van der Waals surface area contributed by atoms with Crippen molar-refractivity contribution in [2.75, 3.05) is 0 Å². The number of nitrogens with zero attached hydrogens (tertiary/aromatic N) is 2. The minimum absolute atomic E-state index is 0.505. The van der Waals surface area contributed by atoms with E-state index in [-0.39, 0.29) is 0 Å². The first kappa shape index (κ1) is 14.0. The Balaban J connectivity index is 2.57. The van der Waals surface area contributed by atoms with Crippen molar-refractivity contribution in [2.24, 2.45) is 5.92 Å². The molecule has 2 aromatic rings. The molecule has 3 nitrogen and oxygen atoms in total. The molecule has 1 heterocycles. The fourth-order valence-corrected chi connectivity index (χ4v) is 2.68. The van der Waals surface area contributed by atoms with E-state index in [1.54, 1.807) is 0 Å². The van der Waals surface area contributed by atoms with Crippen LogP contribution in [0.25, 0.3) is 11.4 Å². The standard InChI is InChI=1S/C12H13ClIN3S/c1-7(2)6-17-11(15-16-12(17)18)9-5-8(13)3-4-10(9)14/h3-5,7H,6H2,1-2H3,(H,16,18). The van der Waals surface area contributed by atoms with Crippen LogP contribution in [0.2, 0.25) is 5.02 Å². The van der Waals surface area contributed by atoms with Crippen LogP contribution >= 0.6 is 46.4 Å². The van der Waals surface area contributed by atoms with Crippen molar-refractivity contribution in [1.29, 1.82) is 0 Å². The number of nitrogens with one attached hydrogen (secondary N) is 1. The van der Waals surface area contributed by atoms with Gasteiger partial charge in [0.05, 0.1) is 0 Å². The van der Waals surface area contributed by atoms with Crippen LogP contribution in [0.5, 0.6) is 0 Å². The van der Waals surface area contributed by atoms with Gasteiger partial charge in [-0.3, -0.25) is 9.67 Å². The molecule has 0 aliphatic heterocycles. The first-order valence-corrected chi connectivity index (χ1v) is 7.46. The summed E-state index contributed by atoms with van der Waals surface area (Å²) in [4.78, 5) is 0. The second-order valence-electron chi connectivity index (χ2n) is 4.48. The molecule has 1 aromatic carbocycles. The number of aromatic nitrogens is 3. The predicted molar refractivity (Wildman–Crippen MR) is 85.4 cm³/mol. The maximum atomic E-state index is 6.05. The lowest BCUT2D eigenvalue weighted by atomic mass is 10.2. The number of benzene rings is 1. The highest BCUT2D eigenvalue weighted by molar-refractivity contribution is 14.1. The summed E-state index contributed by atoms with van der Waals surface area (Å²) >= 11 is 13.6. The lowest BCUT2D eigenvalue weighted by Gasteiger charge is -2.10. The largest absolute Gasteiger partial charge is 0.300 e. The molecule has 0 atom stereocenters. The highest BCUT2D eigenvalue weighted by Crippen LogP contribution is 2.27. The SMILES string of the molecule is CC(C)Cn1c(-c2cc(Cl)ccc2I)n[nH]c1=S. The van der Waals surface area contributed by atoms with E-state index in [0.29, 0.717) is 15.7 Å². The van der Waals surface area contributed by atoms with Gasteiger partial charge in [-0.2, -0.15) is 5.10 Å². The molecule has 96 valence electrons. The molecule has 6 heteroatoms. The van der Waals surface area contributed by atoms with Crippen molar-refractivity contribution in [3.63, 3.8) is 0 Å². The average molecular weight is 394 g/mol. The molecule has 0 fully saturated rings. The van der Waals surface area contributed by atoms with Crippen LogP contribution in [0.15, 0.2) is 18.2 Å². The van der Waals surface area contributed by atoms with Crippen molar-refractivity contribution in [3.05, 3.63) is 31.6 Å². The van der Waals surface area contributed by atoms with Crippen molar-refractivity contribution in [3.8, 4) is 11.4 Å². The van der Waals surface area contributed by atoms with Gasteiger partial charge in [-0.25, -0.2) is 0 Å². The van der Waals surface area contributed by atoms with Gasteiger partial charge in [-0.15, -0.1) is 0 Å². The molecule has 0 aliphatic carbocycles. The minimum atomic E-state index is 0.505. The third-order valence-electron chi connectivity index (χ3n) is 2.48. The van der Waals surface area contributed by atoms with Crippen LogP contribution in [0.1, 0.15) is 13.8 Å². The zero-order valence-electron chi connectivity index (χ0n) is 10.1. The van der Waals surface area contributed by atoms with Crippen LogP contribution in [0.4, 0.5) is 0 Å². The third-order valence-corrected chi connectivity index (χ3v) is 3.96. The third kappa shape index (κ3) is 2.95. The Morgan fingerprint density at radius 1 is 1.50 bits per heavy atom. The Labute approximate surface area is 130 Å². The van der Waals surface area contributed by atoms with Crippen molar-refractivity contribution < 1.29 is 0 Å². The molecule has 0 saturated heterocycles. The zero-order chi connectivity index (χ0) is 13.3. The molecule has 1 aromatic heterocycles. The van der Waals surface area contributed by atoms with Crippen molar-refractivity contribution >= 4 is 46.4 Å². The number of hydrogen-bond donors (Lipinski definition) is 1. The van der Waals surface area contributed by atoms with Gasteiger partial charge < -0.3 is 0 Å². The lowest BCUT2D eigenvalue weighted by Crippen LogP contribution is -2.07. The normalized spacial score (nSPS) is 11.2. The van der Waals surface area contributed by atoms with Crippen molar-refractivity contribution in [2.45, 2.75) is 20.4 Å². The molecule has 0 bridgehead atoms. The van der Waals surface area contributed by atoms with Gasteiger partial charge in [0.15, 0.2) is 10.6 Å². The second-order valence-corrected chi connectivity index (χ2v) is 6.47. The van der Waals surface area contributed by atoms with E-state index in [9.17, 15) is 0 Å². The van der Waals surface area contributed by atoms with Crippen LogP contribution in [-0.4, -0.2) is 14.8 Å². The summed E-state index contributed by atoms with van der Waals surface area (Å²) in [7, 11) is 0. The summed E-state index contributed by atoms with van der Waals surface area (Å²) in [6.07, 6.45) is 0. The second kappa shape index (κ2) is 5.71. The predicted octanol–water partition coefficient (Wildman–Crippen LogP) is 4.52. The Hall–Kier alpha value is -0.400. The number of halogens is 2. The maximum absolute atomic E-state index is 6.05. The van der Waals surface area contributed by atoms with Crippen LogP contribution in [0, 0.1) is 14.3 Å². The molecule has 2 rings (SSSR count). The summed E-state index contributed by atoms with van der Waals surface area (Å²) in [6, 6.07) is 5.78. The molecule has 0 unspecified atom stereocenters. The van der Waals surface area contributed by atoms with Crippen LogP contribution in [-0.2, 0) is 6.54 Å². The van der Waals surface area contributed by atoms with Crippen molar-refractivity contribution in [1.82, 2.24) is 14.8 Å². The van der Waals surface area contributed by atoms with Gasteiger partial charge in [0, 0.05) is 20.7 Å². The first-order chi connectivity index (χ1) is 8.49. The van der Waals surface area contributed by atoms with E-state index in [2.05, 4.69) is 46.6 Å². The summed E-state index contributed by atoms with van der Waals surface area (Å²) < 4.78 is 3.78. The molecule has 0 spiro atoms. The summed E-state index contributed by atoms with van der Waals surface area (Å²) in [6.45, 7) is 5.15. The molecular weight excluding hydrogens is 381 g/mol. The van der Waals surface area contributed by atoms with E-state index in [1.165, 1.54) is 0 Å². The molecule has 1 N–H and O–H groups in total. The molecule has 0 amide bonds. The van der Waals surface area contributed by atoms with Gasteiger partial charge in [0.1, 0.15) is 0 Å². The highest BCUT2D eigenvalue weighted by Gasteiger charge is 2.13. The highest BCUT2D eigenvalue weighted by atomic mass is 127. The molecular formula is C12H13ClIN3S. The number of H-pyrrole nitrogens is 1. The maximum Gasteiger partial charge on any atom is 0.195 e. The van der Waals surface area contributed by atoms with E-state index < -0.39 is 0 Å². The molecule has 18 heavy (non-hydrogen) atoms. The fourth-order valence-electron chi connectivity index (χ4n) is 1.73. The smallest absolute Gasteiger partial charge is 0.195 e. The van der Waals surface area contributed by atoms with E-state index in [0.717, 1.165) is 21.5 Å². The van der Waals surface area contributed by atoms with Gasteiger partial charge in [0.25, 0.3) is 0 Å². The molecule has 0 radical (unpaired) electrons. The number of aromatic amines is 1. The summed E-state index contributed by atoms with van der Waals surface area (Å²) in [5.41, 5.74) is 1.01. The van der Waals surface area contributed by atoms with E-state index >= 15 is 0 Å². The van der Waals surface area contributed by atoms with Gasteiger partial charge >= 0.3 is 0 Å². The van der Waals surface area contributed by atoms with Gasteiger partial charge in [0.2, 0.25) is 0 Å². The number of rotatable bonds is 3. The Kier molecular flexibility index (Phi) is 4.45. The van der Waals surface area contributed by atoms with Crippen LogP contribution in [0.3, 0.4) is 0 Å². The van der Waals surface area contributed by atoms with Crippen LogP contribution < -0.4 is 0 Å². The Morgan fingerprint density at radius 2 is 2.22 bits per heavy atom. The topological polar surface area (TPSA) is 33.6 Å². The zero-order valence-corrected chi connectivity index (χ0v) is 13.8. The summed E-state index contributed by atoms with van der Waals surface area (Å²) in [5.74, 6) is 1.35. The summed E-state index contributed by atoms with van der Waals surface area (Å²) in [5, 5.41) is 7.88. The van der Waals surface area contributed by atoms with E-state index in [1.807, 2.05) is 22.8 Å². The number of hydrogen-bond acceptors (Lipinski definition) is 2. The first-order valence-electron chi connectivity index (χ1n) is 5.59. The lowest BCUT2D eigenvalue weighted by molar-refractivity contribution is 0.521. The average Bonchev–Trinajstić information content (AvgIpc) is 2.64. The Morgan fingerprint density at radius 3 is 2.89 bits per heavy atom.